The maximum absolute atomic E-state index is 11.9. The minimum absolute atomic E-state index is 0.213. The monoisotopic (exact) mass is 234 g/mol. The molecule has 90 valence electrons. The lowest BCUT2D eigenvalue weighted by atomic mass is 10.1. The van der Waals surface area contributed by atoms with Gasteiger partial charge in [-0.25, -0.2) is 8.42 Å². The van der Waals surface area contributed by atoms with E-state index in [1.807, 2.05) is 6.92 Å². The summed E-state index contributed by atoms with van der Waals surface area (Å²) in [5, 5.41) is 0. The zero-order chi connectivity index (χ0) is 11.3. The molecule has 0 radical (unpaired) electrons. The lowest BCUT2D eigenvalue weighted by Gasteiger charge is -2.23. The molecule has 0 spiro atoms. The molecule has 2 N–H and O–H groups in total. The molecule has 1 unspecified atom stereocenters. The molecule has 0 saturated carbocycles. The average molecular weight is 234 g/mol. The topological polar surface area (TPSA) is 63.4 Å². The van der Waals surface area contributed by atoms with Crippen LogP contribution in [0.5, 0.6) is 0 Å². The molecule has 4 nitrogen and oxygen atoms in total. The molecule has 5 heteroatoms. The van der Waals surface area contributed by atoms with Crippen LogP contribution < -0.4 is 5.73 Å². The third-order valence-corrected chi connectivity index (χ3v) is 5.00. The van der Waals surface area contributed by atoms with E-state index in [4.69, 9.17) is 5.73 Å². The Kier molecular flexibility index (Phi) is 5.02. The molecule has 0 amide bonds. The lowest BCUT2D eigenvalue weighted by molar-refractivity contribution is 0.365. The van der Waals surface area contributed by atoms with Gasteiger partial charge < -0.3 is 5.73 Å². The van der Waals surface area contributed by atoms with Gasteiger partial charge in [0.05, 0.1) is 5.75 Å². The summed E-state index contributed by atoms with van der Waals surface area (Å²) in [6.45, 7) is 3.26. The highest BCUT2D eigenvalue weighted by atomic mass is 32.2. The number of rotatable bonds is 6. The van der Waals surface area contributed by atoms with Gasteiger partial charge >= 0.3 is 0 Å². The summed E-state index contributed by atoms with van der Waals surface area (Å²) in [6, 6.07) is 0.213. The molecule has 1 atom stereocenters. The summed E-state index contributed by atoms with van der Waals surface area (Å²) in [5.41, 5.74) is 5.45. The first kappa shape index (κ1) is 12.9. The Bertz CT molecular complexity index is 277. The first-order chi connectivity index (χ1) is 7.11. The molecular formula is C10H22N2O2S. The second kappa shape index (κ2) is 5.82. The van der Waals surface area contributed by atoms with E-state index < -0.39 is 10.0 Å². The first-order valence-corrected chi connectivity index (χ1v) is 7.42. The minimum atomic E-state index is -3.00. The van der Waals surface area contributed by atoms with E-state index in [9.17, 15) is 8.42 Å². The lowest BCUT2D eigenvalue weighted by Crippen LogP contribution is -2.37. The van der Waals surface area contributed by atoms with Crippen LogP contribution in [0.25, 0.3) is 0 Å². The molecule has 1 heterocycles. The van der Waals surface area contributed by atoms with Crippen LogP contribution >= 0.6 is 0 Å². The molecule has 1 rings (SSSR count). The first-order valence-electron chi connectivity index (χ1n) is 5.81. The van der Waals surface area contributed by atoms with Gasteiger partial charge in [0, 0.05) is 12.6 Å². The predicted octanol–water partition coefficient (Wildman–Crippen LogP) is 0.929. The van der Waals surface area contributed by atoms with Gasteiger partial charge in [0.15, 0.2) is 0 Å². The Morgan fingerprint density at radius 2 is 2.20 bits per heavy atom. The fourth-order valence-corrected chi connectivity index (χ4v) is 4.02. The van der Waals surface area contributed by atoms with Crippen molar-refractivity contribution in [2.75, 3.05) is 18.8 Å². The summed E-state index contributed by atoms with van der Waals surface area (Å²) < 4.78 is 25.5. The smallest absolute Gasteiger partial charge is 0.214 e. The van der Waals surface area contributed by atoms with Gasteiger partial charge in [0.2, 0.25) is 10.0 Å². The Balaban J connectivity index is 2.59. The standard InChI is InChI=1S/C10H22N2O2S/c1-2-9-15(13,14)12-8-4-6-10(12)5-3-7-11/h10H,2-9,11H2,1H3. The molecule has 1 saturated heterocycles. The van der Waals surface area contributed by atoms with E-state index in [0.717, 1.165) is 25.7 Å². The Morgan fingerprint density at radius 1 is 1.47 bits per heavy atom. The molecule has 0 aromatic heterocycles. The van der Waals surface area contributed by atoms with Gasteiger partial charge in [-0.3, -0.25) is 0 Å². The van der Waals surface area contributed by atoms with Crippen molar-refractivity contribution >= 4 is 10.0 Å². The second-order valence-corrected chi connectivity index (χ2v) is 6.19. The van der Waals surface area contributed by atoms with Gasteiger partial charge in [-0.1, -0.05) is 6.92 Å². The maximum atomic E-state index is 11.9. The van der Waals surface area contributed by atoms with E-state index in [0.29, 0.717) is 19.5 Å². The molecule has 0 aromatic carbocycles. The van der Waals surface area contributed by atoms with Crippen LogP contribution in [-0.2, 0) is 10.0 Å². The molecule has 0 bridgehead atoms. The van der Waals surface area contributed by atoms with E-state index in [2.05, 4.69) is 0 Å². The Hall–Kier alpha value is -0.130. The van der Waals surface area contributed by atoms with Crippen molar-refractivity contribution in [1.82, 2.24) is 4.31 Å². The van der Waals surface area contributed by atoms with E-state index >= 15 is 0 Å². The van der Waals surface area contributed by atoms with Crippen LogP contribution in [0.4, 0.5) is 0 Å². The Morgan fingerprint density at radius 3 is 2.80 bits per heavy atom. The van der Waals surface area contributed by atoms with E-state index in [1.165, 1.54) is 0 Å². The maximum Gasteiger partial charge on any atom is 0.214 e. The normalized spacial score (nSPS) is 23.5. The van der Waals surface area contributed by atoms with Crippen molar-refractivity contribution in [2.45, 2.75) is 45.1 Å². The van der Waals surface area contributed by atoms with Crippen molar-refractivity contribution < 1.29 is 8.42 Å². The summed E-state index contributed by atoms with van der Waals surface area (Å²) in [6.07, 6.45) is 4.53. The second-order valence-electron chi connectivity index (χ2n) is 4.15. The highest BCUT2D eigenvalue weighted by Crippen LogP contribution is 2.24. The van der Waals surface area contributed by atoms with Crippen LogP contribution in [0.1, 0.15) is 39.0 Å². The van der Waals surface area contributed by atoms with Crippen LogP contribution in [0.15, 0.2) is 0 Å². The van der Waals surface area contributed by atoms with Crippen molar-refractivity contribution in [3.8, 4) is 0 Å². The van der Waals surface area contributed by atoms with Crippen LogP contribution in [0, 0.1) is 0 Å². The molecule has 1 aliphatic rings. The third kappa shape index (κ3) is 3.43. The number of hydrogen-bond donors (Lipinski definition) is 1. The number of sulfonamides is 1. The van der Waals surface area contributed by atoms with Crippen LogP contribution in [0.3, 0.4) is 0 Å². The molecule has 0 aromatic rings. The molecule has 1 fully saturated rings. The fourth-order valence-electron chi connectivity index (χ4n) is 2.19. The number of hydrogen-bond acceptors (Lipinski definition) is 3. The minimum Gasteiger partial charge on any atom is -0.330 e. The van der Waals surface area contributed by atoms with Crippen molar-refractivity contribution in [3.63, 3.8) is 0 Å². The largest absolute Gasteiger partial charge is 0.330 e. The van der Waals surface area contributed by atoms with E-state index in [-0.39, 0.29) is 11.8 Å². The summed E-state index contributed by atoms with van der Waals surface area (Å²) in [5.74, 6) is 0.284. The zero-order valence-electron chi connectivity index (χ0n) is 9.48. The molecule has 1 aliphatic heterocycles. The summed E-state index contributed by atoms with van der Waals surface area (Å²) >= 11 is 0. The summed E-state index contributed by atoms with van der Waals surface area (Å²) in [4.78, 5) is 0. The summed E-state index contributed by atoms with van der Waals surface area (Å²) in [7, 11) is -3.00. The highest BCUT2D eigenvalue weighted by Gasteiger charge is 2.32. The van der Waals surface area contributed by atoms with Crippen LogP contribution in [-0.4, -0.2) is 37.6 Å². The quantitative estimate of drug-likeness (QED) is 0.743. The van der Waals surface area contributed by atoms with Gasteiger partial charge in [0.25, 0.3) is 0 Å². The number of nitrogens with zero attached hydrogens (tertiary/aromatic N) is 1. The number of nitrogens with two attached hydrogens (primary N) is 1. The average Bonchev–Trinajstić information content (AvgIpc) is 2.63. The van der Waals surface area contributed by atoms with Crippen molar-refractivity contribution in [3.05, 3.63) is 0 Å². The SMILES string of the molecule is CCCS(=O)(=O)N1CCCC1CCCN. The fraction of sp³-hybridized carbons (Fsp3) is 1.00. The van der Waals surface area contributed by atoms with Crippen molar-refractivity contribution in [1.29, 1.82) is 0 Å². The van der Waals surface area contributed by atoms with Crippen LogP contribution in [0.2, 0.25) is 0 Å². The van der Waals surface area contributed by atoms with Gasteiger partial charge in [-0.05, 0) is 38.6 Å². The molecular weight excluding hydrogens is 212 g/mol. The zero-order valence-corrected chi connectivity index (χ0v) is 10.3. The van der Waals surface area contributed by atoms with E-state index in [1.54, 1.807) is 4.31 Å². The Labute approximate surface area is 92.9 Å². The highest BCUT2D eigenvalue weighted by molar-refractivity contribution is 7.89. The molecule has 0 aliphatic carbocycles. The third-order valence-electron chi connectivity index (χ3n) is 2.88. The van der Waals surface area contributed by atoms with Gasteiger partial charge in [0.1, 0.15) is 0 Å². The predicted molar refractivity (Wildman–Crippen MR) is 62.1 cm³/mol. The van der Waals surface area contributed by atoms with Gasteiger partial charge in [-0.15, -0.1) is 0 Å². The molecule has 15 heavy (non-hydrogen) atoms. The van der Waals surface area contributed by atoms with Crippen molar-refractivity contribution in [2.24, 2.45) is 5.73 Å². The van der Waals surface area contributed by atoms with Gasteiger partial charge in [-0.2, -0.15) is 4.31 Å².